The van der Waals surface area contributed by atoms with Gasteiger partial charge in [0.1, 0.15) is 23.9 Å². The van der Waals surface area contributed by atoms with Gasteiger partial charge in [-0.3, -0.25) is 4.98 Å². The molecule has 2 aromatic heterocycles. The van der Waals surface area contributed by atoms with Crippen molar-refractivity contribution < 1.29 is 9.15 Å². The summed E-state index contributed by atoms with van der Waals surface area (Å²) >= 11 is 0. The molecule has 4 nitrogen and oxygen atoms in total. The Balaban J connectivity index is 1.94. The zero-order valence-corrected chi connectivity index (χ0v) is 9.14. The monoisotopic (exact) mass is 218 g/mol. The molecule has 0 aliphatic heterocycles. The van der Waals surface area contributed by atoms with Crippen LogP contribution in [0.1, 0.15) is 17.2 Å². The van der Waals surface area contributed by atoms with Crippen molar-refractivity contribution in [3.63, 3.8) is 0 Å². The van der Waals surface area contributed by atoms with Crippen molar-refractivity contribution in [2.75, 3.05) is 0 Å². The first-order valence-electron chi connectivity index (χ1n) is 5.11. The maximum atomic E-state index is 5.51. The van der Waals surface area contributed by atoms with E-state index in [9.17, 15) is 0 Å². The van der Waals surface area contributed by atoms with Gasteiger partial charge in [0.2, 0.25) is 0 Å². The van der Waals surface area contributed by atoms with E-state index in [1.165, 1.54) is 0 Å². The summed E-state index contributed by atoms with van der Waals surface area (Å²) < 4.78 is 10.9. The Morgan fingerprint density at radius 3 is 2.69 bits per heavy atom. The number of ether oxygens (including phenoxy) is 1. The molecule has 0 aromatic carbocycles. The van der Waals surface area contributed by atoms with Crippen LogP contribution in [-0.4, -0.2) is 4.98 Å². The van der Waals surface area contributed by atoms with E-state index in [-0.39, 0.29) is 0 Å². The third-order valence-corrected chi connectivity index (χ3v) is 2.18. The molecule has 2 heterocycles. The first-order chi connectivity index (χ1) is 7.78. The number of pyridine rings is 1. The van der Waals surface area contributed by atoms with E-state index < -0.39 is 0 Å². The van der Waals surface area contributed by atoms with Crippen LogP contribution in [0.25, 0.3) is 0 Å². The van der Waals surface area contributed by atoms with E-state index in [1.807, 2.05) is 31.2 Å². The second kappa shape index (κ2) is 4.81. The molecule has 0 spiro atoms. The first-order valence-corrected chi connectivity index (χ1v) is 5.11. The smallest absolute Gasteiger partial charge is 0.146 e. The topological polar surface area (TPSA) is 61.3 Å². The van der Waals surface area contributed by atoms with Gasteiger partial charge in [-0.25, -0.2) is 0 Å². The summed E-state index contributed by atoms with van der Waals surface area (Å²) in [6.07, 6.45) is 1.70. The van der Waals surface area contributed by atoms with Crippen LogP contribution in [0, 0.1) is 6.92 Å². The highest BCUT2D eigenvalue weighted by Gasteiger charge is 2.01. The van der Waals surface area contributed by atoms with Crippen LogP contribution in [0.15, 0.2) is 34.9 Å². The molecule has 0 saturated heterocycles. The van der Waals surface area contributed by atoms with E-state index in [0.29, 0.717) is 13.2 Å². The Morgan fingerprint density at radius 2 is 2.06 bits per heavy atom. The van der Waals surface area contributed by atoms with Crippen molar-refractivity contribution in [2.24, 2.45) is 5.73 Å². The highest BCUT2D eigenvalue weighted by molar-refractivity contribution is 5.19. The van der Waals surface area contributed by atoms with Crippen molar-refractivity contribution in [1.82, 2.24) is 4.98 Å². The predicted octanol–water partition coefficient (Wildman–Crippen LogP) is 2.02. The van der Waals surface area contributed by atoms with E-state index in [0.717, 1.165) is 23.0 Å². The molecule has 2 rings (SSSR count). The second-order valence-corrected chi connectivity index (χ2v) is 3.50. The summed E-state index contributed by atoms with van der Waals surface area (Å²) in [6.45, 7) is 2.74. The lowest BCUT2D eigenvalue weighted by Gasteiger charge is -2.03. The summed E-state index contributed by atoms with van der Waals surface area (Å²) in [5, 5.41) is 0. The Bertz CT molecular complexity index is 448. The molecule has 0 aliphatic carbocycles. The largest absolute Gasteiger partial charge is 0.484 e. The molecular formula is C12H14N2O2. The standard InChI is InChI=1S/C12H14N2O2/c1-9-2-3-11(7-14-9)15-8-12-5-4-10(6-13)16-12/h2-5,7H,6,8,13H2,1H3. The van der Waals surface area contributed by atoms with Gasteiger partial charge in [-0.2, -0.15) is 0 Å². The maximum absolute atomic E-state index is 5.51. The number of aromatic nitrogens is 1. The minimum atomic E-state index is 0.394. The normalized spacial score (nSPS) is 10.4. The minimum Gasteiger partial charge on any atom is -0.484 e. The van der Waals surface area contributed by atoms with Gasteiger partial charge in [0.25, 0.3) is 0 Å². The molecule has 0 unspecified atom stereocenters. The first kappa shape index (κ1) is 10.7. The van der Waals surface area contributed by atoms with Crippen LogP contribution >= 0.6 is 0 Å². The molecular weight excluding hydrogens is 204 g/mol. The van der Waals surface area contributed by atoms with Gasteiger partial charge >= 0.3 is 0 Å². The molecule has 0 atom stereocenters. The van der Waals surface area contributed by atoms with Gasteiger partial charge in [-0.15, -0.1) is 0 Å². The molecule has 2 N–H and O–H groups in total. The molecule has 84 valence electrons. The Hall–Kier alpha value is -1.81. The van der Waals surface area contributed by atoms with Crippen LogP contribution in [0.3, 0.4) is 0 Å². The van der Waals surface area contributed by atoms with Gasteiger partial charge in [0.05, 0.1) is 12.7 Å². The van der Waals surface area contributed by atoms with Crippen LogP contribution in [-0.2, 0) is 13.2 Å². The molecule has 0 aliphatic rings. The van der Waals surface area contributed by atoms with E-state index in [2.05, 4.69) is 4.98 Å². The number of nitrogens with zero attached hydrogens (tertiary/aromatic N) is 1. The van der Waals surface area contributed by atoms with Crippen LogP contribution in [0.2, 0.25) is 0 Å². The van der Waals surface area contributed by atoms with Gasteiger partial charge in [-0.1, -0.05) is 0 Å². The second-order valence-electron chi connectivity index (χ2n) is 3.50. The fraction of sp³-hybridized carbons (Fsp3) is 0.250. The predicted molar refractivity (Wildman–Crippen MR) is 59.9 cm³/mol. The van der Waals surface area contributed by atoms with Crippen molar-refractivity contribution in [3.05, 3.63) is 47.7 Å². The van der Waals surface area contributed by atoms with E-state index in [1.54, 1.807) is 6.20 Å². The van der Waals surface area contributed by atoms with Gasteiger partial charge in [-0.05, 0) is 31.2 Å². The zero-order valence-electron chi connectivity index (χ0n) is 9.14. The Kier molecular flexibility index (Phi) is 3.22. The summed E-state index contributed by atoms with van der Waals surface area (Å²) in [5.41, 5.74) is 6.41. The van der Waals surface area contributed by atoms with Crippen molar-refractivity contribution in [2.45, 2.75) is 20.1 Å². The summed E-state index contributed by atoms with van der Waals surface area (Å²) in [7, 11) is 0. The third kappa shape index (κ3) is 2.61. The van der Waals surface area contributed by atoms with Gasteiger partial charge in [0.15, 0.2) is 0 Å². The fourth-order valence-electron chi connectivity index (χ4n) is 1.30. The summed E-state index contributed by atoms with van der Waals surface area (Å²) in [5.74, 6) is 2.26. The Morgan fingerprint density at radius 1 is 1.25 bits per heavy atom. The van der Waals surface area contributed by atoms with Gasteiger partial charge < -0.3 is 14.9 Å². The molecule has 0 amide bonds. The number of hydrogen-bond donors (Lipinski definition) is 1. The lowest BCUT2D eigenvalue weighted by atomic mass is 10.4. The Labute approximate surface area is 94.1 Å². The quantitative estimate of drug-likeness (QED) is 0.852. The molecule has 16 heavy (non-hydrogen) atoms. The van der Waals surface area contributed by atoms with E-state index >= 15 is 0 Å². The summed E-state index contributed by atoms with van der Waals surface area (Å²) in [4.78, 5) is 4.14. The molecule has 2 aromatic rings. The van der Waals surface area contributed by atoms with Gasteiger partial charge in [0, 0.05) is 5.69 Å². The van der Waals surface area contributed by atoms with Crippen LogP contribution < -0.4 is 10.5 Å². The van der Waals surface area contributed by atoms with Crippen molar-refractivity contribution in [1.29, 1.82) is 0 Å². The van der Waals surface area contributed by atoms with Crippen LogP contribution in [0.4, 0.5) is 0 Å². The number of rotatable bonds is 4. The summed E-state index contributed by atoms with van der Waals surface area (Å²) in [6, 6.07) is 7.51. The average Bonchev–Trinajstić information content (AvgIpc) is 2.76. The van der Waals surface area contributed by atoms with E-state index in [4.69, 9.17) is 14.9 Å². The number of nitrogens with two attached hydrogens (primary N) is 1. The number of aryl methyl sites for hydroxylation is 1. The average molecular weight is 218 g/mol. The van der Waals surface area contributed by atoms with Crippen molar-refractivity contribution in [3.8, 4) is 5.75 Å². The van der Waals surface area contributed by atoms with Crippen LogP contribution in [0.5, 0.6) is 5.75 Å². The lowest BCUT2D eigenvalue weighted by molar-refractivity contribution is 0.265. The zero-order chi connectivity index (χ0) is 11.4. The lowest BCUT2D eigenvalue weighted by Crippen LogP contribution is -1.95. The molecule has 0 fully saturated rings. The molecule has 0 bridgehead atoms. The maximum Gasteiger partial charge on any atom is 0.146 e. The molecule has 0 radical (unpaired) electrons. The number of hydrogen-bond acceptors (Lipinski definition) is 4. The SMILES string of the molecule is Cc1ccc(OCc2ccc(CN)o2)cn1. The molecule has 4 heteroatoms. The molecule has 0 saturated carbocycles. The number of furan rings is 1. The van der Waals surface area contributed by atoms with Crippen molar-refractivity contribution >= 4 is 0 Å². The minimum absolute atomic E-state index is 0.394. The third-order valence-electron chi connectivity index (χ3n) is 2.18. The highest BCUT2D eigenvalue weighted by Crippen LogP contribution is 2.13. The highest BCUT2D eigenvalue weighted by atomic mass is 16.5. The fourth-order valence-corrected chi connectivity index (χ4v) is 1.30.